The number of phenolic OH excluding ortho intramolecular Hbond substituents is 1. The van der Waals surface area contributed by atoms with Crippen LogP contribution in [0.5, 0.6) is 5.75 Å². The van der Waals surface area contributed by atoms with Gasteiger partial charge in [0.1, 0.15) is 5.75 Å². The van der Waals surface area contributed by atoms with E-state index in [1.807, 2.05) is 41.3 Å². The second-order valence-electron chi connectivity index (χ2n) is 7.32. The van der Waals surface area contributed by atoms with Crippen LogP contribution in [0.3, 0.4) is 0 Å². The first-order chi connectivity index (χ1) is 14.9. The maximum Gasteiger partial charge on any atom is 0.434 e. The van der Waals surface area contributed by atoms with Gasteiger partial charge in [-0.15, -0.1) is 0 Å². The van der Waals surface area contributed by atoms with Crippen LogP contribution < -0.4 is 0 Å². The number of carbonyl (C=O) groups is 1. The highest BCUT2D eigenvalue weighted by atomic mass is 19.4. The fourth-order valence-electron chi connectivity index (χ4n) is 3.33. The minimum atomic E-state index is -5.75. The van der Waals surface area contributed by atoms with Crippen molar-refractivity contribution in [3.63, 3.8) is 0 Å². The van der Waals surface area contributed by atoms with Crippen molar-refractivity contribution in [1.82, 2.24) is 9.80 Å². The lowest BCUT2D eigenvalue weighted by atomic mass is 10.0. The number of hydrogen-bond acceptors (Lipinski definition) is 4. The van der Waals surface area contributed by atoms with Gasteiger partial charge in [0, 0.05) is 38.3 Å². The van der Waals surface area contributed by atoms with Crippen molar-refractivity contribution in [3.05, 3.63) is 54.1 Å². The summed E-state index contributed by atoms with van der Waals surface area (Å²) in [6.07, 6.45) is -17.3. The van der Waals surface area contributed by atoms with E-state index in [1.54, 1.807) is 12.1 Å². The predicted molar refractivity (Wildman–Crippen MR) is 103 cm³/mol. The molecule has 1 N–H and O–H groups in total. The van der Waals surface area contributed by atoms with Gasteiger partial charge in [-0.25, -0.2) is 4.79 Å². The van der Waals surface area contributed by atoms with Crippen LogP contribution in [-0.4, -0.2) is 65.6 Å². The van der Waals surface area contributed by atoms with E-state index in [2.05, 4.69) is 4.74 Å². The smallest absolute Gasteiger partial charge is 0.434 e. The summed E-state index contributed by atoms with van der Waals surface area (Å²) in [5, 5.41) is 10.4. The summed E-state index contributed by atoms with van der Waals surface area (Å²) < 4.78 is 79.2. The molecule has 32 heavy (non-hydrogen) atoms. The SMILES string of the molecule is O=C(OC(C(F)(F)F)C(F)(F)F)N1CCN(Cc2ccc(-c3ccccc3)cc2O)CC1. The molecule has 1 fully saturated rings. The summed E-state index contributed by atoms with van der Waals surface area (Å²) in [5.41, 5.74) is 2.36. The number of halogens is 6. The molecule has 1 amide bonds. The molecule has 174 valence electrons. The van der Waals surface area contributed by atoms with E-state index < -0.39 is 24.5 Å². The van der Waals surface area contributed by atoms with Gasteiger partial charge in [0.2, 0.25) is 0 Å². The second-order valence-corrected chi connectivity index (χ2v) is 7.32. The highest BCUT2D eigenvalue weighted by Crippen LogP contribution is 2.36. The lowest BCUT2D eigenvalue weighted by molar-refractivity contribution is -0.308. The molecule has 2 aromatic carbocycles. The van der Waals surface area contributed by atoms with Gasteiger partial charge in [-0.1, -0.05) is 42.5 Å². The molecule has 0 spiro atoms. The summed E-state index contributed by atoms with van der Waals surface area (Å²) >= 11 is 0. The number of ether oxygens (including phenoxy) is 1. The fraction of sp³-hybridized carbons (Fsp3) is 0.381. The lowest BCUT2D eigenvalue weighted by Crippen LogP contribution is -2.52. The number of nitrogens with zero attached hydrogens (tertiary/aromatic N) is 2. The largest absolute Gasteiger partial charge is 0.508 e. The van der Waals surface area contributed by atoms with Crippen LogP contribution in [-0.2, 0) is 11.3 Å². The number of carbonyl (C=O) groups excluding carboxylic acids is 1. The molecule has 5 nitrogen and oxygen atoms in total. The molecule has 0 saturated carbocycles. The monoisotopic (exact) mass is 462 g/mol. The normalized spacial score (nSPS) is 15.8. The van der Waals surface area contributed by atoms with Crippen LogP contribution in [0.4, 0.5) is 31.1 Å². The van der Waals surface area contributed by atoms with Crippen LogP contribution >= 0.6 is 0 Å². The molecule has 0 unspecified atom stereocenters. The summed E-state index contributed by atoms with van der Waals surface area (Å²) in [4.78, 5) is 14.5. The van der Waals surface area contributed by atoms with Crippen molar-refractivity contribution in [2.24, 2.45) is 0 Å². The first kappa shape index (κ1) is 23.7. The summed E-state index contributed by atoms with van der Waals surface area (Å²) in [6.45, 7) is 0.473. The van der Waals surface area contributed by atoms with Crippen molar-refractivity contribution in [1.29, 1.82) is 0 Å². The van der Waals surface area contributed by atoms with Crippen molar-refractivity contribution in [2.75, 3.05) is 26.2 Å². The Balaban J connectivity index is 1.56. The Morgan fingerprint density at radius 3 is 2.03 bits per heavy atom. The van der Waals surface area contributed by atoms with Crippen molar-refractivity contribution in [3.8, 4) is 16.9 Å². The molecule has 3 rings (SSSR count). The van der Waals surface area contributed by atoms with Crippen LogP contribution in [0.1, 0.15) is 5.56 Å². The third kappa shape index (κ3) is 5.84. The highest BCUT2D eigenvalue weighted by Gasteiger charge is 2.60. The Hall–Kier alpha value is -2.95. The number of aromatic hydroxyl groups is 1. The molecule has 11 heteroatoms. The van der Waals surface area contributed by atoms with Crippen LogP contribution in [0.2, 0.25) is 0 Å². The van der Waals surface area contributed by atoms with E-state index in [4.69, 9.17) is 0 Å². The summed E-state index contributed by atoms with van der Waals surface area (Å²) in [5.74, 6) is 0.0615. The fourth-order valence-corrected chi connectivity index (χ4v) is 3.33. The first-order valence-corrected chi connectivity index (χ1v) is 9.64. The van der Waals surface area contributed by atoms with E-state index in [9.17, 15) is 36.2 Å². The minimum Gasteiger partial charge on any atom is -0.508 e. The molecule has 1 aliphatic rings. The van der Waals surface area contributed by atoms with Gasteiger partial charge in [0.15, 0.2) is 0 Å². The Morgan fingerprint density at radius 1 is 0.906 bits per heavy atom. The molecule has 1 aliphatic heterocycles. The Kier molecular flexibility index (Phi) is 6.87. The van der Waals surface area contributed by atoms with Gasteiger partial charge in [0.25, 0.3) is 6.10 Å². The quantitative estimate of drug-likeness (QED) is 0.663. The molecule has 2 aromatic rings. The number of rotatable bonds is 4. The maximum atomic E-state index is 12.6. The van der Waals surface area contributed by atoms with Gasteiger partial charge in [-0.2, -0.15) is 26.3 Å². The zero-order valence-electron chi connectivity index (χ0n) is 16.7. The van der Waals surface area contributed by atoms with Crippen molar-refractivity contribution >= 4 is 6.09 Å². The maximum absolute atomic E-state index is 12.6. The van der Waals surface area contributed by atoms with Gasteiger partial charge in [-0.05, 0) is 17.2 Å². The number of piperazine rings is 1. The number of phenols is 1. The molecular weight excluding hydrogens is 442 g/mol. The average Bonchev–Trinajstić information content (AvgIpc) is 2.73. The third-order valence-electron chi connectivity index (χ3n) is 5.03. The Bertz CT molecular complexity index is 911. The lowest BCUT2D eigenvalue weighted by Gasteiger charge is -2.35. The van der Waals surface area contributed by atoms with Crippen LogP contribution in [0.15, 0.2) is 48.5 Å². The summed E-state index contributed by atoms with van der Waals surface area (Å²) in [7, 11) is 0. The molecule has 0 aromatic heterocycles. The molecular formula is C21H20F6N2O3. The van der Waals surface area contributed by atoms with Crippen LogP contribution in [0.25, 0.3) is 11.1 Å². The minimum absolute atomic E-state index is 0.0615. The zero-order chi connectivity index (χ0) is 23.5. The Labute approximate surface area is 179 Å². The van der Waals surface area contributed by atoms with E-state index in [0.29, 0.717) is 12.1 Å². The molecule has 0 bridgehead atoms. The second kappa shape index (κ2) is 9.27. The third-order valence-corrected chi connectivity index (χ3v) is 5.03. The molecule has 1 heterocycles. The molecule has 1 saturated heterocycles. The molecule has 0 atom stereocenters. The van der Waals surface area contributed by atoms with E-state index in [1.165, 1.54) is 0 Å². The van der Waals surface area contributed by atoms with Gasteiger partial charge in [-0.3, -0.25) is 4.90 Å². The van der Waals surface area contributed by atoms with Gasteiger partial charge >= 0.3 is 18.4 Å². The Morgan fingerprint density at radius 2 is 1.50 bits per heavy atom. The molecule has 0 radical (unpaired) electrons. The van der Waals surface area contributed by atoms with Crippen LogP contribution in [0, 0.1) is 0 Å². The average molecular weight is 462 g/mol. The van der Waals surface area contributed by atoms with Crippen molar-refractivity contribution < 1.29 is 41.0 Å². The number of alkyl halides is 6. The van der Waals surface area contributed by atoms with E-state index in [-0.39, 0.29) is 31.9 Å². The van der Waals surface area contributed by atoms with Gasteiger partial charge < -0.3 is 14.7 Å². The topological polar surface area (TPSA) is 53.0 Å². The van der Waals surface area contributed by atoms with Crippen molar-refractivity contribution in [2.45, 2.75) is 25.0 Å². The van der Waals surface area contributed by atoms with Gasteiger partial charge in [0.05, 0.1) is 0 Å². The standard InChI is InChI=1S/C21H20F6N2O3/c22-20(23,24)18(21(25,26)27)32-19(31)29-10-8-28(9-11-29)13-16-7-6-15(12-17(16)30)14-4-2-1-3-5-14/h1-7,12,18,30H,8-11,13H2. The number of amides is 1. The van der Waals surface area contributed by atoms with E-state index >= 15 is 0 Å². The molecule has 0 aliphatic carbocycles. The first-order valence-electron chi connectivity index (χ1n) is 9.64. The summed E-state index contributed by atoms with van der Waals surface area (Å²) in [6, 6.07) is 14.6. The number of benzene rings is 2. The number of hydrogen-bond donors (Lipinski definition) is 1. The van der Waals surface area contributed by atoms with E-state index in [0.717, 1.165) is 16.0 Å². The predicted octanol–water partition coefficient (Wildman–Crippen LogP) is 4.81. The zero-order valence-corrected chi connectivity index (χ0v) is 16.7. The highest BCUT2D eigenvalue weighted by molar-refractivity contribution is 5.68.